The molecule has 0 aliphatic rings. The zero-order valence-electron chi connectivity index (χ0n) is 15.4. The number of hydrogen-bond donors (Lipinski definition) is 6. The summed E-state index contributed by atoms with van der Waals surface area (Å²) in [5, 5.41) is 16.6. The third-order valence-electron chi connectivity index (χ3n) is 3.44. The molecule has 0 saturated heterocycles. The van der Waals surface area contributed by atoms with Crippen LogP contribution in [0.25, 0.3) is 0 Å². The van der Waals surface area contributed by atoms with Gasteiger partial charge in [-0.2, -0.15) is 36.2 Å². The predicted octanol–water partition coefficient (Wildman–Crippen LogP) is -1.08. The number of carbonyl (C=O) groups is 4. The maximum atomic E-state index is 12.4. The van der Waals surface area contributed by atoms with E-state index in [0.29, 0.717) is 17.9 Å². The standard InChI is InChI=1S/C15H28N4O5S3/c1-26-5-3-10(14(22)19-11(15(23)24)4-6-27-2)18-12(20)7-17-13(21)9(16)8-25/h9-11,25H,3-8,16H2,1-2H3,(H,17,21)(H,18,20)(H,19,22)(H,23,24). The van der Waals surface area contributed by atoms with Gasteiger partial charge in [0, 0.05) is 5.75 Å². The van der Waals surface area contributed by atoms with Crippen molar-refractivity contribution in [3.63, 3.8) is 0 Å². The summed E-state index contributed by atoms with van der Waals surface area (Å²) in [7, 11) is 0. The summed E-state index contributed by atoms with van der Waals surface area (Å²) >= 11 is 6.87. The molecule has 3 atom stereocenters. The molecule has 0 aliphatic heterocycles. The fraction of sp³-hybridized carbons (Fsp3) is 0.733. The fourth-order valence-corrected chi connectivity index (χ4v) is 3.01. The second kappa shape index (κ2) is 14.9. The number of nitrogens with two attached hydrogens (primary N) is 1. The molecule has 0 aliphatic carbocycles. The monoisotopic (exact) mass is 440 g/mol. The molecule has 0 spiro atoms. The number of carbonyl (C=O) groups excluding carboxylic acids is 3. The highest BCUT2D eigenvalue weighted by Gasteiger charge is 2.26. The molecule has 0 saturated carbocycles. The lowest BCUT2D eigenvalue weighted by Gasteiger charge is -2.21. The van der Waals surface area contributed by atoms with Gasteiger partial charge in [-0.3, -0.25) is 14.4 Å². The van der Waals surface area contributed by atoms with Crippen molar-refractivity contribution in [1.29, 1.82) is 0 Å². The van der Waals surface area contributed by atoms with Gasteiger partial charge in [0.1, 0.15) is 12.1 Å². The number of aliphatic carboxylic acids is 1. The van der Waals surface area contributed by atoms with Crippen LogP contribution in [0.15, 0.2) is 0 Å². The molecule has 0 heterocycles. The van der Waals surface area contributed by atoms with E-state index in [1.165, 1.54) is 23.5 Å². The molecule has 0 radical (unpaired) electrons. The van der Waals surface area contributed by atoms with Crippen molar-refractivity contribution in [1.82, 2.24) is 16.0 Å². The Bertz CT molecular complexity index is 510. The Morgan fingerprint density at radius 3 is 2.04 bits per heavy atom. The molecule has 27 heavy (non-hydrogen) atoms. The maximum absolute atomic E-state index is 12.4. The van der Waals surface area contributed by atoms with Crippen molar-refractivity contribution >= 4 is 59.8 Å². The van der Waals surface area contributed by atoms with Gasteiger partial charge < -0.3 is 26.8 Å². The minimum atomic E-state index is -1.12. The lowest BCUT2D eigenvalue weighted by molar-refractivity contribution is -0.142. The third kappa shape index (κ3) is 11.4. The van der Waals surface area contributed by atoms with Gasteiger partial charge in [-0.15, -0.1) is 0 Å². The topological polar surface area (TPSA) is 151 Å². The third-order valence-corrected chi connectivity index (χ3v) is 5.13. The highest BCUT2D eigenvalue weighted by Crippen LogP contribution is 2.05. The van der Waals surface area contributed by atoms with Gasteiger partial charge in [-0.1, -0.05) is 0 Å². The lowest BCUT2D eigenvalue weighted by Crippen LogP contribution is -2.54. The lowest BCUT2D eigenvalue weighted by atomic mass is 10.1. The molecule has 6 N–H and O–H groups in total. The van der Waals surface area contributed by atoms with Crippen LogP contribution < -0.4 is 21.7 Å². The first-order valence-electron chi connectivity index (χ1n) is 8.21. The van der Waals surface area contributed by atoms with Crippen molar-refractivity contribution in [2.75, 3.05) is 36.3 Å². The molecule has 156 valence electrons. The zero-order chi connectivity index (χ0) is 20.8. The van der Waals surface area contributed by atoms with E-state index >= 15 is 0 Å². The molecule has 0 aromatic rings. The quantitative estimate of drug-likeness (QED) is 0.187. The SMILES string of the molecule is CSCCC(NC(=O)C(CCSC)NC(=O)CNC(=O)C(N)CS)C(=O)O. The van der Waals surface area contributed by atoms with E-state index in [2.05, 4.69) is 28.6 Å². The number of carboxylic acid groups (broad SMARTS) is 1. The molecule has 0 rings (SSSR count). The van der Waals surface area contributed by atoms with E-state index < -0.39 is 41.8 Å². The smallest absolute Gasteiger partial charge is 0.326 e. The normalized spacial score (nSPS) is 13.9. The Hall–Kier alpha value is -1.11. The van der Waals surface area contributed by atoms with E-state index in [0.717, 1.165) is 0 Å². The van der Waals surface area contributed by atoms with Crippen molar-refractivity contribution in [3.05, 3.63) is 0 Å². The summed E-state index contributed by atoms with van der Waals surface area (Å²) in [5.41, 5.74) is 5.50. The molecule has 0 aromatic carbocycles. The maximum Gasteiger partial charge on any atom is 0.326 e. The van der Waals surface area contributed by atoms with Gasteiger partial charge in [0.2, 0.25) is 17.7 Å². The Morgan fingerprint density at radius 1 is 1.00 bits per heavy atom. The summed E-state index contributed by atoms with van der Waals surface area (Å²) in [6, 6.07) is -2.74. The van der Waals surface area contributed by atoms with E-state index in [-0.39, 0.29) is 18.7 Å². The molecule has 12 heteroatoms. The van der Waals surface area contributed by atoms with Crippen molar-refractivity contribution in [2.45, 2.75) is 31.0 Å². The highest BCUT2D eigenvalue weighted by molar-refractivity contribution is 7.98. The number of hydrogen-bond acceptors (Lipinski definition) is 8. The van der Waals surface area contributed by atoms with Crippen molar-refractivity contribution in [3.8, 4) is 0 Å². The van der Waals surface area contributed by atoms with E-state index in [1.807, 2.05) is 12.5 Å². The summed E-state index contributed by atoms with van der Waals surface area (Å²) in [6.07, 6.45) is 4.31. The van der Waals surface area contributed by atoms with Crippen molar-refractivity contribution < 1.29 is 24.3 Å². The van der Waals surface area contributed by atoms with Crippen LogP contribution in [-0.4, -0.2) is 83.2 Å². The second-order valence-corrected chi connectivity index (χ2v) is 7.93. The molecule has 9 nitrogen and oxygen atoms in total. The van der Waals surface area contributed by atoms with Gasteiger partial charge in [0.15, 0.2) is 0 Å². The van der Waals surface area contributed by atoms with Crippen LogP contribution in [0, 0.1) is 0 Å². The molecule has 0 fully saturated rings. The number of thioether (sulfide) groups is 2. The van der Waals surface area contributed by atoms with Gasteiger partial charge in [0.25, 0.3) is 0 Å². The van der Waals surface area contributed by atoms with Crippen LogP contribution in [0.1, 0.15) is 12.8 Å². The molecular weight excluding hydrogens is 412 g/mol. The number of nitrogens with one attached hydrogen (secondary N) is 3. The van der Waals surface area contributed by atoms with Crippen LogP contribution in [0.5, 0.6) is 0 Å². The van der Waals surface area contributed by atoms with E-state index in [4.69, 9.17) is 5.73 Å². The first-order chi connectivity index (χ1) is 12.8. The largest absolute Gasteiger partial charge is 0.480 e. The van der Waals surface area contributed by atoms with Crippen LogP contribution in [-0.2, 0) is 19.2 Å². The highest BCUT2D eigenvalue weighted by atomic mass is 32.2. The summed E-state index contributed by atoms with van der Waals surface area (Å²) in [5.74, 6) is -1.46. The summed E-state index contributed by atoms with van der Waals surface area (Å²) < 4.78 is 0. The van der Waals surface area contributed by atoms with Crippen LogP contribution in [0.2, 0.25) is 0 Å². The first kappa shape index (κ1) is 25.9. The Kier molecular flexibility index (Phi) is 14.3. The number of thiol groups is 1. The Morgan fingerprint density at radius 2 is 1.56 bits per heavy atom. The van der Waals surface area contributed by atoms with Gasteiger partial charge >= 0.3 is 5.97 Å². The van der Waals surface area contributed by atoms with Gasteiger partial charge in [0.05, 0.1) is 12.6 Å². The van der Waals surface area contributed by atoms with Crippen molar-refractivity contribution in [2.24, 2.45) is 5.73 Å². The molecule has 0 aromatic heterocycles. The van der Waals surface area contributed by atoms with E-state index in [9.17, 15) is 24.3 Å². The first-order valence-corrected chi connectivity index (χ1v) is 11.6. The molecule has 3 amide bonds. The Labute approximate surface area is 173 Å². The Balaban J connectivity index is 4.78. The van der Waals surface area contributed by atoms with Gasteiger partial charge in [-0.25, -0.2) is 4.79 Å². The van der Waals surface area contributed by atoms with Crippen LogP contribution in [0.3, 0.4) is 0 Å². The average Bonchev–Trinajstić information content (AvgIpc) is 2.65. The number of carboxylic acids is 1. The number of amides is 3. The predicted molar refractivity (Wildman–Crippen MR) is 112 cm³/mol. The molecule has 3 unspecified atom stereocenters. The minimum absolute atomic E-state index is 0.138. The fourth-order valence-electron chi connectivity index (χ4n) is 1.90. The zero-order valence-corrected chi connectivity index (χ0v) is 17.9. The number of rotatable bonds is 14. The van der Waals surface area contributed by atoms with Gasteiger partial charge in [-0.05, 0) is 36.9 Å². The molecular formula is C15H28N4O5S3. The summed E-state index contributed by atoms with van der Waals surface area (Å²) in [6.45, 7) is -0.335. The average molecular weight is 441 g/mol. The second-order valence-electron chi connectivity index (χ2n) is 5.59. The van der Waals surface area contributed by atoms with E-state index in [1.54, 1.807) is 0 Å². The van der Waals surface area contributed by atoms with Crippen LogP contribution >= 0.6 is 36.2 Å². The minimum Gasteiger partial charge on any atom is -0.480 e. The summed E-state index contributed by atoms with van der Waals surface area (Å²) in [4.78, 5) is 47.3. The van der Waals surface area contributed by atoms with Crippen LogP contribution in [0.4, 0.5) is 0 Å². The molecule has 0 bridgehead atoms.